The summed E-state index contributed by atoms with van der Waals surface area (Å²) in [5.74, 6) is -0.0589. The van der Waals surface area contributed by atoms with E-state index >= 15 is 0 Å². The van der Waals surface area contributed by atoms with Gasteiger partial charge < -0.3 is 5.32 Å². The molecule has 2 nitrogen and oxygen atoms in total. The van der Waals surface area contributed by atoms with Crippen LogP contribution in [0.3, 0.4) is 0 Å². The molecule has 1 amide bonds. The van der Waals surface area contributed by atoms with Crippen LogP contribution < -0.4 is 5.32 Å². The zero-order valence-electron chi connectivity index (χ0n) is 11.1. The Morgan fingerprint density at radius 2 is 2.05 bits per heavy atom. The highest BCUT2D eigenvalue weighted by Gasteiger charge is 2.06. The molecule has 20 heavy (non-hydrogen) atoms. The molecule has 0 bridgehead atoms. The molecule has 0 radical (unpaired) electrons. The van der Waals surface area contributed by atoms with Crippen molar-refractivity contribution < 1.29 is 4.79 Å². The molecule has 0 aliphatic heterocycles. The third-order valence-corrected chi connectivity index (χ3v) is 3.59. The Morgan fingerprint density at radius 1 is 1.25 bits per heavy atom. The SMILES string of the molecule is Cc1cc(Br)cc(C(=O)NCCc2cccc(Cl)c2)c1. The quantitative estimate of drug-likeness (QED) is 0.869. The van der Waals surface area contributed by atoms with E-state index in [1.165, 1.54) is 0 Å². The van der Waals surface area contributed by atoms with Gasteiger partial charge in [0.1, 0.15) is 0 Å². The maximum absolute atomic E-state index is 12.0. The highest BCUT2D eigenvalue weighted by atomic mass is 79.9. The number of carbonyl (C=O) groups excluding carboxylic acids is 1. The lowest BCUT2D eigenvalue weighted by molar-refractivity contribution is 0.0954. The van der Waals surface area contributed by atoms with Gasteiger partial charge in [0.05, 0.1) is 0 Å². The lowest BCUT2D eigenvalue weighted by Crippen LogP contribution is -2.25. The fourth-order valence-corrected chi connectivity index (χ4v) is 2.80. The zero-order chi connectivity index (χ0) is 14.5. The van der Waals surface area contributed by atoms with Gasteiger partial charge in [0.2, 0.25) is 0 Å². The van der Waals surface area contributed by atoms with Gasteiger partial charge in [0, 0.05) is 21.6 Å². The van der Waals surface area contributed by atoms with Crippen molar-refractivity contribution in [3.05, 3.63) is 68.7 Å². The number of halogens is 2. The summed E-state index contributed by atoms with van der Waals surface area (Å²) in [6.45, 7) is 2.55. The van der Waals surface area contributed by atoms with Gasteiger partial charge in [-0.25, -0.2) is 0 Å². The zero-order valence-corrected chi connectivity index (χ0v) is 13.5. The summed E-state index contributed by atoms with van der Waals surface area (Å²) in [6, 6.07) is 13.3. The molecule has 4 heteroatoms. The molecule has 0 spiro atoms. The van der Waals surface area contributed by atoms with E-state index in [1.807, 2.05) is 49.4 Å². The van der Waals surface area contributed by atoms with Crippen LogP contribution in [0.1, 0.15) is 21.5 Å². The predicted molar refractivity (Wildman–Crippen MR) is 86.4 cm³/mol. The van der Waals surface area contributed by atoms with Crippen molar-refractivity contribution in [2.45, 2.75) is 13.3 Å². The van der Waals surface area contributed by atoms with Gasteiger partial charge in [-0.2, -0.15) is 0 Å². The van der Waals surface area contributed by atoms with E-state index in [4.69, 9.17) is 11.6 Å². The number of benzene rings is 2. The molecule has 0 aliphatic carbocycles. The normalized spacial score (nSPS) is 10.3. The third-order valence-electron chi connectivity index (χ3n) is 2.89. The monoisotopic (exact) mass is 351 g/mol. The van der Waals surface area contributed by atoms with Crippen molar-refractivity contribution in [3.8, 4) is 0 Å². The largest absolute Gasteiger partial charge is 0.352 e. The maximum atomic E-state index is 12.0. The Bertz CT molecular complexity index is 607. The topological polar surface area (TPSA) is 29.1 Å². The lowest BCUT2D eigenvalue weighted by atomic mass is 10.1. The van der Waals surface area contributed by atoms with Crippen LogP contribution in [-0.4, -0.2) is 12.5 Å². The van der Waals surface area contributed by atoms with E-state index in [0.717, 1.165) is 27.0 Å². The second kappa shape index (κ2) is 6.91. The number of hydrogen-bond acceptors (Lipinski definition) is 1. The standard InChI is InChI=1S/C16H15BrClNO/c1-11-7-13(10-14(17)8-11)16(20)19-6-5-12-3-2-4-15(18)9-12/h2-4,7-10H,5-6H2,1H3,(H,19,20). The number of aryl methyl sites for hydroxylation is 1. The van der Waals surface area contributed by atoms with Crippen LogP contribution in [0.4, 0.5) is 0 Å². The minimum atomic E-state index is -0.0589. The average Bonchev–Trinajstić information content (AvgIpc) is 2.37. The van der Waals surface area contributed by atoms with Gasteiger partial charge >= 0.3 is 0 Å². The van der Waals surface area contributed by atoms with Crippen LogP contribution in [-0.2, 0) is 6.42 Å². The van der Waals surface area contributed by atoms with E-state index in [-0.39, 0.29) is 5.91 Å². The molecule has 0 saturated heterocycles. The molecule has 104 valence electrons. The van der Waals surface area contributed by atoms with Crippen LogP contribution in [0, 0.1) is 6.92 Å². The maximum Gasteiger partial charge on any atom is 0.251 e. The molecule has 0 aromatic heterocycles. The second-order valence-corrected chi connectivity index (χ2v) is 6.01. The number of hydrogen-bond donors (Lipinski definition) is 1. The minimum Gasteiger partial charge on any atom is -0.352 e. The van der Waals surface area contributed by atoms with Crippen LogP contribution in [0.2, 0.25) is 5.02 Å². The first-order chi connectivity index (χ1) is 9.54. The molecule has 0 aliphatic rings. The molecule has 1 N–H and O–H groups in total. The number of rotatable bonds is 4. The van der Waals surface area contributed by atoms with Gasteiger partial charge in [-0.05, 0) is 54.8 Å². The van der Waals surface area contributed by atoms with Crippen molar-refractivity contribution in [2.24, 2.45) is 0 Å². The second-order valence-electron chi connectivity index (χ2n) is 4.65. The first-order valence-corrected chi connectivity index (χ1v) is 7.51. The van der Waals surface area contributed by atoms with Crippen molar-refractivity contribution in [1.29, 1.82) is 0 Å². The summed E-state index contributed by atoms with van der Waals surface area (Å²) in [6.07, 6.45) is 0.763. The predicted octanol–water partition coefficient (Wildman–Crippen LogP) is 4.38. The number of amides is 1. The van der Waals surface area contributed by atoms with Gasteiger partial charge in [0.15, 0.2) is 0 Å². The summed E-state index contributed by atoms with van der Waals surface area (Å²) < 4.78 is 0.914. The smallest absolute Gasteiger partial charge is 0.251 e. The molecule has 0 saturated carbocycles. The summed E-state index contributed by atoms with van der Waals surface area (Å²) in [4.78, 5) is 12.0. The number of carbonyl (C=O) groups is 1. The summed E-state index contributed by atoms with van der Waals surface area (Å²) in [5.41, 5.74) is 2.84. The fraction of sp³-hybridized carbons (Fsp3) is 0.188. The molecule has 0 heterocycles. The van der Waals surface area contributed by atoms with E-state index in [2.05, 4.69) is 21.2 Å². The Morgan fingerprint density at radius 3 is 2.75 bits per heavy atom. The van der Waals surface area contributed by atoms with Gasteiger partial charge in [-0.1, -0.05) is 39.7 Å². The molecule has 0 atom stereocenters. The Kier molecular flexibility index (Phi) is 5.21. The molecule has 0 unspecified atom stereocenters. The summed E-state index contributed by atoms with van der Waals surface area (Å²) in [5, 5.41) is 3.64. The van der Waals surface area contributed by atoms with E-state index in [9.17, 15) is 4.79 Å². The number of nitrogens with one attached hydrogen (secondary N) is 1. The van der Waals surface area contributed by atoms with Crippen LogP contribution in [0.5, 0.6) is 0 Å². The van der Waals surface area contributed by atoms with Gasteiger partial charge in [-0.3, -0.25) is 4.79 Å². The first-order valence-electron chi connectivity index (χ1n) is 6.34. The van der Waals surface area contributed by atoms with Crippen LogP contribution in [0.25, 0.3) is 0 Å². The Balaban J connectivity index is 1.92. The van der Waals surface area contributed by atoms with Gasteiger partial charge in [-0.15, -0.1) is 0 Å². The molecule has 2 rings (SSSR count). The van der Waals surface area contributed by atoms with E-state index in [0.29, 0.717) is 12.1 Å². The summed E-state index contributed by atoms with van der Waals surface area (Å²) in [7, 11) is 0. The van der Waals surface area contributed by atoms with Crippen molar-refractivity contribution in [3.63, 3.8) is 0 Å². The molecule has 2 aromatic rings. The fourth-order valence-electron chi connectivity index (χ4n) is 1.98. The minimum absolute atomic E-state index is 0.0589. The highest BCUT2D eigenvalue weighted by Crippen LogP contribution is 2.15. The van der Waals surface area contributed by atoms with Crippen LogP contribution in [0.15, 0.2) is 46.9 Å². The van der Waals surface area contributed by atoms with Crippen LogP contribution >= 0.6 is 27.5 Å². The molecular weight excluding hydrogens is 338 g/mol. The van der Waals surface area contributed by atoms with Gasteiger partial charge in [0.25, 0.3) is 5.91 Å². The van der Waals surface area contributed by atoms with Crippen molar-refractivity contribution in [1.82, 2.24) is 5.32 Å². The third kappa shape index (κ3) is 4.36. The lowest BCUT2D eigenvalue weighted by Gasteiger charge is -2.07. The molecule has 2 aromatic carbocycles. The summed E-state index contributed by atoms with van der Waals surface area (Å²) >= 11 is 9.32. The Hall–Kier alpha value is -1.32. The molecular formula is C16H15BrClNO. The highest BCUT2D eigenvalue weighted by molar-refractivity contribution is 9.10. The average molecular weight is 353 g/mol. The van der Waals surface area contributed by atoms with Crippen molar-refractivity contribution >= 4 is 33.4 Å². The first kappa shape index (κ1) is 15.1. The Labute approximate surface area is 132 Å². The van der Waals surface area contributed by atoms with Crippen molar-refractivity contribution in [2.75, 3.05) is 6.54 Å². The van der Waals surface area contributed by atoms with E-state index < -0.39 is 0 Å². The van der Waals surface area contributed by atoms with E-state index in [1.54, 1.807) is 0 Å². The molecule has 0 fully saturated rings.